The van der Waals surface area contributed by atoms with Gasteiger partial charge in [0.15, 0.2) is 0 Å². The minimum atomic E-state index is -0.342. The van der Waals surface area contributed by atoms with E-state index in [-0.39, 0.29) is 18.4 Å². The number of amides is 2. The summed E-state index contributed by atoms with van der Waals surface area (Å²) in [5, 5.41) is 2.80. The van der Waals surface area contributed by atoms with Gasteiger partial charge in [-0.25, -0.2) is 0 Å². The summed E-state index contributed by atoms with van der Waals surface area (Å²) in [4.78, 5) is 26.9. The minimum absolute atomic E-state index is 0.153. The van der Waals surface area contributed by atoms with Gasteiger partial charge in [-0.15, -0.1) is 0 Å². The van der Waals surface area contributed by atoms with E-state index in [1.165, 1.54) is 16.7 Å². The molecule has 29 heavy (non-hydrogen) atoms. The molecule has 2 amide bonds. The van der Waals surface area contributed by atoms with Crippen LogP contribution in [0.4, 0.5) is 5.69 Å². The summed E-state index contributed by atoms with van der Waals surface area (Å²) in [5.74, 6) is -0.618. The molecular weight excluding hydrogens is 604 g/mol. The normalized spacial score (nSPS) is 15.6. The minimum Gasteiger partial charge on any atom is -0.323 e. The third kappa shape index (κ3) is 5.88. The number of halogens is 3. The van der Waals surface area contributed by atoms with Gasteiger partial charge >= 0.3 is 0 Å². The highest BCUT2D eigenvalue weighted by Crippen LogP contribution is 2.35. The Balaban J connectivity index is 1.66. The van der Waals surface area contributed by atoms with Crippen LogP contribution in [-0.2, 0) is 9.59 Å². The highest BCUT2D eigenvalue weighted by Gasteiger charge is 2.33. The molecule has 9 heteroatoms. The third-order valence-corrected chi connectivity index (χ3v) is 6.89. The van der Waals surface area contributed by atoms with E-state index in [0.717, 1.165) is 10.0 Å². The first-order chi connectivity index (χ1) is 13.8. The second-order valence-corrected chi connectivity index (χ2v) is 10.2. The summed E-state index contributed by atoms with van der Waals surface area (Å²) in [6.45, 7) is -0.153. The fourth-order valence-corrected chi connectivity index (χ4v) is 6.11. The second-order valence-electron chi connectivity index (χ2n) is 5.85. The van der Waals surface area contributed by atoms with Gasteiger partial charge in [0.1, 0.15) is 10.9 Å². The smallest absolute Gasteiger partial charge is 0.266 e. The third-order valence-electron chi connectivity index (χ3n) is 3.78. The first-order valence-corrected chi connectivity index (χ1v) is 11.9. The Bertz CT molecular complexity index is 1020. The summed E-state index contributed by atoms with van der Waals surface area (Å²) in [5.41, 5.74) is 1.62. The van der Waals surface area contributed by atoms with E-state index in [2.05, 4.69) is 53.1 Å². The second kappa shape index (κ2) is 10.2. The maximum atomic E-state index is 12.6. The fourth-order valence-electron chi connectivity index (χ4n) is 2.45. The van der Waals surface area contributed by atoms with Crippen LogP contribution in [-0.4, -0.2) is 27.6 Å². The summed E-state index contributed by atoms with van der Waals surface area (Å²) >= 11 is 16.7. The first kappa shape index (κ1) is 22.4. The summed E-state index contributed by atoms with van der Waals surface area (Å²) < 4.78 is 2.64. The van der Waals surface area contributed by atoms with Crippen molar-refractivity contribution in [2.75, 3.05) is 11.9 Å². The molecule has 0 aliphatic carbocycles. The van der Waals surface area contributed by atoms with Gasteiger partial charge in [-0.3, -0.25) is 14.5 Å². The number of hydrogen-bond acceptors (Lipinski definition) is 4. The Hall–Kier alpha value is -1.26. The van der Waals surface area contributed by atoms with E-state index < -0.39 is 0 Å². The van der Waals surface area contributed by atoms with Crippen molar-refractivity contribution in [1.29, 1.82) is 0 Å². The van der Waals surface area contributed by atoms with Crippen LogP contribution < -0.4 is 5.32 Å². The number of benzene rings is 2. The van der Waals surface area contributed by atoms with Crippen LogP contribution in [0.15, 0.2) is 72.9 Å². The average Bonchev–Trinajstić information content (AvgIpc) is 2.93. The lowest BCUT2D eigenvalue weighted by atomic mass is 10.2. The number of nitrogens with zero attached hydrogens (tertiary/aromatic N) is 1. The molecule has 3 rings (SSSR count). The molecule has 148 valence electrons. The summed E-state index contributed by atoms with van der Waals surface area (Å²) in [6, 6.07) is 13.4. The molecule has 2 aromatic rings. The van der Waals surface area contributed by atoms with Gasteiger partial charge in [-0.2, -0.15) is 0 Å². The lowest BCUT2D eigenvalue weighted by molar-refractivity contribution is -0.126. The quantitative estimate of drug-likeness (QED) is 0.313. The molecule has 1 N–H and O–H groups in total. The molecular formula is C20H13Br3N2O2S2. The molecule has 1 heterocycles. The van der Waals surface area contributed by atoms with Crippen LogP contribution in [0.2, 0.25) is 0 Å². The predicted octanol–water partition coefficient (Wildman–Crippen LogP) is 6.37. The van der Waals surface area contributed by atoms with Crippen LogP contribution in [0, 0.1) is 0 Å². The number of carbonyl (C=O) groups excluding carboxylic acids is 2. The van der Waals surface area contributed by atoms with Gasteiger partial charge in [0, 0.05) is 13.4 Å². The number of thiocarbonyl (C=S) groups is 1. The monoisotopic (exact) mass is 614 g/mol. The van der Waals surface area contributed by atoms with Crippen molar-refractivity contribution >= 4 is 99.7 Å². The Morgan fingerprint density at radius 1 is 1.14 bits per heavy atom. The number of thioether (sulfide) groups is 1. The number of nitrogens with one attached hydrogen (secondary N) is 1. The Kier molecular flexibility index (Phi) is 7.86. The first-order valence-electron chi connectivity index (χ1n) is 8.26. The maximum Gasteiger partial charge on any atom is 0.266 e. The highest BCUT2D eigenvalue weighted by molar-refractivity contribution is 9.11. The molecule has 4 nitrogen and oxygen atoms in total. The van der Waals surface area contributed by atoms with E-state index in [4.69, 9.17) is 12.2 Å². The highest BCUT2D eigenvalue weighted by atomic mass is 79.9. The van der Waals surface area contributed by atoms with Crippen LogP contribution in [0.5, 0.6) is 0 Å². The average molecular weight is 617 g/mol. The summed E-state index contributed by atoms with van der Waals surface area (Å²) in [6.07, 6.45) is 5.42. The summed E-state index contributed by atoms with van der Waals surface area (Å²) in [7, 11) is 0. The maximum absolute atomic E-state index is 12.6. The molecule has 1 aliphatic heterocycles. The van der Waals surface area contributed by atoms with E-state index in [0.29, 0.717) is 23.9 Å². The van der Waals surface area contributed by atoms with Crippen molar-refractivity contribution in [3.63, 3.8) is 0 Å². The number of carbonyl (C=O) groups is 2. The van der Waals surface area contributed by atoms with Crippen molar-refractivity contribution in [1.82, 2.24) is 4.90 Å². The molecule has 1 saturated heterocycles. The standard InChI is InChI=1S/C20H13Br3N2O2S2/c21-13-9-14(22)18(15(23)10-13)24-17(26)11-25-19(27)16(29-20(25)28)8-4-7-12-5-2-1-3-6-12/h1-10H,11H2,(H,24,26)/b7-4+,16-8-. The van der Waals surface area contributed by atoms with Crippen molar-refractivity contribution in [3.05, 3.63) is 78.5 Å². The van der Waals surface area contributed by atoms with Crippen LogP contribution in [0.25, 0.3) is 6.08 Å². The van der Waals surface area contributed by atoms with Crippen molar-refractivity contribution in [2.45, 2.75) is 0 Å². The van der Waals surface area contributed by atoms with Gasteiger partial charge < -0.3 is 5.32 Å². The van der Waals surface area contributed by atoms with E-state index in [1.807, 2.05) is 48.5 Å². The van der Waals surface area contributed by atoms with Gasteiger partial charge in [-0.1, -0.05) is 82.4 Å². The van der Waals surface area contributed by atoms with Crippen LogP contribution in [0.1, 0.15) is 5.56 Å². The van der Waals surface area contributed by atoms with E-state index in [9.17, 15) is 9.59 Å². The topological polar surface area (TPSA) is 49.4 Å². The van der Waals surface area contributed by atoms with Crippen LogP contribution in [0.3, 0.4) is 0 Å². The lowest BCUT2D eigenvalue weighted by Gasteiger charge is -2.15. The number of anilines is 1. The Morgan fingerprint density at radius 3 is 2.45 bits per heavy atom. The van der Waals surface area contributed by atoms with Crippen molar-refractivity contribution in [2.24, 2.45) is 0 Å². The molecule has 0 aromatic heterocycles. The number of allylic oxidation sites excluding steroid dienone is 2. The lowest BCUT2D eigenvalue weighted by Crippen LogP contribution is -2.36. The van der Waals surface area contributed by atoms with Gasteiger partial charge in [0.25, 0.3) is 5.91 Å². The van der Waals surface area contributed by atoms with Crippen molar-refractivity contribution in [3.8, 4) is 0 Å². The van der Waals surface area contributed by atoms with Gasteiger partial charge in [-0.05, 0) is 55.6 Å². The molecule has 0 atom stereocenters. The van der Waals surface area contributed by atoms with Crippen LogP contribution >= 0.6 is 71.8 Å². The zero-order valence-electron chi connectivity index (χ0n) is 14.7. The largest absolute Gasteiger partial charge is 0.323 e. The molecule has 1 aliphatic rings. The Labute approximate surface area is 203 Å². The molecule has 1 fully saturated rings. The number of rotatable bonds is 5. The fraction of sp³-hybridized carbons (Fsp3) is 0.0500. The number of hydrogen-bond donors (Lipinski definition) is 1. The zero-order valence-corrected chi connectivity index (χ0v) is 21.1. The molecule has 0 unspecified atom stereocenters. The molecule has 0 bridgehead atoms. The predicted molar refractivity (Wildman–Crippen MR) is 134 cm³/mol. The molecule has 0 spiro atoms. The van der Waals surface area contributed by atoms with Crippen molar-refractivity contribution < 1.29 is 9.59 Å². The molecule has 2 aromatic carbocycles. The van der Waals surface area contributed by atoms with Gasteiger partial charge in [0.05, 0.1) is 10.6 Å². The van der Waals surface area contributed by atoms with E-state index >= 15 is 0 Å². The molecule has 0 radical (unpaired) electrons. The molecule has 0 saturated carbocycles. The Morgan fingerprint density at radius 2 is 1.79 bits per heavy atom. The van der Waals surface area contributed by atoms with Gasteiger partial charge in [0.2, 0.25) is 5.91 Å². The van der Waals surface area contributed by atoms with E-state index in [1.54, 1.807) is 12.2 Å². The zero-order chi connectivity index (χ0) is 21.0. The SMILES string of the molecule is O=C(CN1C(=O)/C(=C/C=C/c2ccccc2)SC1=S)Nc1c(Br)cc(Br)cc1Br.